The van der Waals surface area contributed by atoms with Crippen LogP contribution in [0.4, 0.5) is 5.82 Å². The first-order valence-electron chi connectivity index (χ1n) is 5.89. The fraction of sp³-hybridized carbons (Fsp3) is 0.286. The molecule has 1 unspecified atom stereocenters. The Kier molecular flexibility index (Phi) is 2.32. The lowest BCUT2D eigenvalue weighted by Crippen LogP contribution is -2.21. The molecule has 17 heavy (non-hydrogen) atoms. The molecule has 3 nitrogen and oxygen atoms in total. The average molecular weight is 225 g/mol. The van der Waals surface area contributed by atoms with Crippen LogP contribution in [0.2, 0.25) is 0 Å². The highest BCUT2D eigenvalue weighted by Crippen LogP contribution is 2.38. The Balaban J connectivity index is 2.00. The quantitative estimate of drug-likeness (QED) is 0.853. The number of anilines is 1. The molecule has 0 saturated heterocycles. The maximum Gasteiger partial charge on any atom is 0.138 e. The summed E-state index contributed by atoms with van der Waals surface area (Å²) in [4.78, 5) is 9.10. The second-order valence-electron chi connectivity index (χ2n) is 4.46. The van der Waals surface area contributed by atoms with Crippen molar-refractivity contribution in [3.8, 4) is 0 Å². The number of rotatable bonds is 2. The van der Waals surface area contributed by atoms with Gasteiger partial charge in [-0.15, -0.1) is 0 Å². The van der Waals surface area contributed by atoms with Gasteiger partial charge in [0.2, 0.25) is 0 Å². The predicted octanol–water partition coefficient (Wildman–Crippen LogP) is 2.51. The Bertz CT molecular complexity index is 563. The number of aryl methyl sites for hydroxylation is 1. The van der Waals surface area contributed by atoms with Crippen LogP contribution < -0.4 is 5.32 Å². The van der Waals surface area contributed by atoms with Crippen molar-refractivity contribution in [1.29, 1.82) is 0 Å². The fourth-order valence-electron chi connectivity index (χ4n) is 2.36. The molecule has 0 aliphatic heterocycles. The summed E-state index contributed by atoms with van der Waals surface area (Å²) in [6, 6.07) is 10.5. The van der Waals surface area contributed by atoms with Crippen LogP contribution in [-0.2, 0) is 6.42 Å². The molecule has 1 aromatic carbocycles. The van der Waals surface area contributed by atoms with E-state index in [2.05, 4.69) is 39.6 Å². The van der Waals surface area contributed by atoms with Crippen LogP contribution in [0.1, 0.15) is 28.6 Å². The molecule has 0 fully saturated rings. The zero-order chi connectivity index (χ0) is 11.8. The van der Waals surface area contributed by atoms with Crippen LogP contribution >= 0.6 is 0 Å². The summed E-state index contributed by atoms with van der Waals surface area (Å²) in [5.74, 6) is 2.21. The summed E-state index contributed by atoms with van der Waals surface area (Å²) in [6.07, 6.45) is 1.06. The Morgan fingerprint density at radius 1 is 1.24 bits per heavy atom. The summed E-state index contributed by atoms with van der Waals surface area (Å²) in [6.45, 7) is 2.01. The number of nitrogens with zero attached hydrogens (tertiary/aromatic N) is 2. The van der Waals surface area contributed by atoms with E-state index in [1.807, 2.05) is 20.0 Å². The fourth-order valence-corrected chi connectivity index (χ4v) is 2.36. The molecule has 0 amide bonds. The third-order valence-corrected chi connectivity index (χ3v) is 3.29. The number of hydrogen-bond donors (Lipinski definition) is 1. The number of aromatic nitrogens is 2. The van der Waals surface area contributed by atoms with Gasteiger partial charge in [0.25, 0.3) is 0 Å². The smallest absolute Gasteiger partial charge is 0.138 e. The lowest BCUT2D eigenvalue weighted by Gasteiger charge is -2.29. The van der Waals surface area contributed by atoms with Gasteiger partial charge in [-0.05, 0) is 24.5 Å². The lowest BCUT2D eigenvalue weighted by molar-refractivity contribution is 0.657. The molecule has 0 bridgehead atoms. The van der Waals surface area contributed by atoms with Gasteiger partial charge in [0.15, 0.2) is 0 Å². The van der Waals surface area contributed by atoms with Crippen LogP contribution in [-0.4, -0.2) is 17.0 Å². The van der Waals surface area contributed by atoms with E-state index < -0.39 is 0 Å². The van der Waals surface area contributed by atoms with E-state index >= 15 is 0 Å². The highest BCUT2D eigenvalue weighted by molar-refractivity contribution is 5.45. The molecule has 0 spiro atoms. The molecule has 1 aromatic heterocycles. The van der Waals surface area contributed by atoms with Gasteiger partial charge >= 0.3 is 0 Å². The molecule has 1 atom stereocenters. The molecule has 1 N–H and O–H groups in total. The summed E-state index contributed by atoms with van der Waals surface area (Å²) in [7, 11) is 1.89. The maximum absolute atomic E-state index is 4.55. The Labute approximate surface area is 101 Å². The summed E-state index contributed by atoms with van der Waals surface area (Å²) in [5.41, 5.74) is 3.82. The van der Waals surface area contributed by atoms with E-state index in [4.69, 9.17) is 0 Å². The molecule has 86 valence electrons. The molecule has 2 aromatic rings. The standard InChI is InChI=1S/C14H15N3/c1-9-7-13(15-2)17-14(16-9)12-8-10-5-3-4-6-11(10)12/h3-7,12H,8H2,1-2H3,(H,15,16,17). The van der Waals surface area contributed by atoms with Crippen LogP contribution in [0.15, 0.2) is 30.3 Å². The van der Waals surface area contributed by atoms with Crippen molar-refractivity contribution in [2.24, 2.45) is 0 Å². The summed E-state index contributed by atoms with van der Waals surface area (Å²) >= 11 is 0. The highest BCUT2D eigenvalue weighted by Gasteiger charge is 2.29. The number of benzene rings is 1. The second-order valence-corrected chi connectivity index (χ2v) is 4.46. The Hall–Kier alpha value is -1.90. The zero-order valence-corrected chi connectivity index (χ0v) is 10.1. The molecular formula is C14H15N3. The van der Waals surface area contributed by atoms with Gasteiger partial charge in [-0.1, -0.05) is 24.3 Å². The lowest BCUT2D eigenvalue weighted by atomic mass is 9.77. The first kappa shape index (κ1) is 10.3. The highest BCUT2D eigenvalue weighted by atomic mass is 15.0. The maximum atomic E-state index is 4.55. The zero-order valence-electron chi connectivity index (χ0n) is 10.1. The van der Waals surface area contributed by atoms with Gasteiger partial charge in [0.1, 0.15) is 11.6 Å². The van der Waals surface area contributed by atoms with Gasteiger partial charge in [-0.2, -0.15) is 0 Å². The van der Waals surface area contributed by atoms with E-state index in [-0.39, 0.29) is 0 Å². The van der Waals surface area contributed by atoms with Crippen molar-refractivity contribution in [2.75, 3.05) is 12.4 Å². The van der Waals surface area contributed by atoms with Crippen molar-refractivity contribution in [3.05, 3.63) is 53.0 Å². The minimum atomic E-state index is 0.373. The third-order valence-electron chi connectivity index (χ3n) is 3.29. The SMILES string of the molecule is CNc1cc(C)nc(C2Cc3ccccc32)n1. The molecule has 1 heterocycles. The predicted molar refractivity (Wildman–Crippen MR) is 68.3 cm³/mol. The molecule has 0 radical (unpaired) electrons. The van der Waals surface area contributed by atoms with E-state index in [9.17, 15) is 0 Å². The summed E-state index contributed by atoms with van der Waals surface area (Å²) in [5, 5.41) is 3.08. The van der Waals surface area contributed by atoms with Crippen molar-refractivity contribution >= 4 is 5.82 Å². The minimum Gasteiger partial charge on any atom is -0.373 e. The largest absolute Gasteiger partial charge is 0.373 e. The molecule has 1 aliphatic carbocycles. The van der Waals surface area contributed by atoms with Crippen LogP contribution in [0, 0.1) is 6.92 Å². The van der Waals surface area contributed by atoms with E-state index in [0.717, 1.165) is 23.8 Å². The first-order valence-corrected chi connectivity index (χ1v) is 5.89. The normalized spacial score (nSPS) is 17.2. The number of nitrogens with one attached hydrogen (secondary N) is 1. The van der Waals surface area contributed by atoms with Gasteiger partial charge in [-0.3, -0.25) is 0 Å². The van der Waals surface area contributed by atoms with E-state index in [0.29, 0.717) is 5.92 Å². The molecule has 3 rings (SSSR count). The Morgan fingerprint density at radius 2 is 2.06 bits per heavy atom. The van der Waals surface area contributed by atoms with Gasteiger partial charge < -0.3 is 5.32 Å². The Morgan fingerprint density at radius 3 is 2.82 bits per heavy atom. The monoisotopic (exact) mass is 225 g/mol. The van der Waals surface area contributed by atoms with Crippen molar-refractivity contribution in [3.63, 3.8) is 0 Å². The van der Waals surface area contributed by atoms with E-state index in [1.165, 1.54) is 11.1 Å². The molecule has 0 saturated carbocycles. The van der Waals surface area contributed by atoms with Crippen LogP contribution in [0.25, 0.3) is 0 Å². The van der Waals surface area contributed by atoms with Crippen LogP contribution in [0.3, 0.4) is 0 Å². The van der Waals surface area contributed by atoms with Crippen molar-refractivity contribution < 1.29 is 0 Å². The first-order chi connectivity index (χ1) is 8.28. The van der Waals surface area contributed by atoms with Gasteiger partial charge in [-0.25, -0.2) is 9.97 Å². The second kappa shape index (κ2) is 3.84. The number of hydrogen-bond acceptors (Lipinski definition) is 3. The molecule has 3 heteroatoms. The minimum absolute atomic E-state index is 0.373. The van der Waals surface area contributed by atoms with Crippen molar-refractivity contribution in [1.82, 2.24) is 9.97 Å². The van der Waals surface area contributed by atoms with E-state index in [1.54, 1.807) is 0 Å². The average Bonchev–Trinajstić information content (AvgIpc) is 2.30. The third kappa shape index (κ3) is 1.68. The van der Waals surface area contributed by atoms with Crippen molar-refractivity contribution in [2.45, 2.75) is 19.3 Å². The number of fused-ring (bicyclic) bond motifs is 1. The van der Waals surface area contributed by atoms with Gasteiger partial charge in [0, 0.05) is 24.7 Å². The topological polar surface area (TPSA) is 37.8 Å². The van der Waals surface area contributed by atoms with Gasteiger partial charge in [0.05, 0.1) is 0 Å². The van der Waals surface area contributed by atoms with Crippen LogP contribution in [0.5, 0.6) is 0 Å². The molecular weight excluding hydrogens is 210 g/mol. The summed E-state index contributed by atoms with van der Waals surface area (Å²) < 4.78 is 0. The molecule has 1 aliphatic rings.